The van der Waals surface area contributed by atoms with Gasteiger partial charge in [0, 0.05) is 12.1 Å². The number of hydrogen-bond donors (Lipinski definition) is 0. The normalized spacial score (nSPS) is 10.6. The van der Waals surface area contributed by atoms with Gasteiger partial charge in [-0.3, -0.25) is 4.79 Å². The molecule has 18 heavy (non-hydrogen) atoms. The molecule has 0 saturated carbocycles. The van der Waals surface area contributed by atoms with Crippen LogP contribution in [-0.4, -0.2) is 21.3 Å². The van der Waals surface area contributed by atoms with Crippen LogP contribution >= 0.6 is 0 Å². The highest BCUT2D eigenvalue weighted by Gasteiger charge is 2.15. The number of aromatic nitrogens is 3. The molecule has 0 bridgehead atoms. The molecule has 94 valence electrons. The maximum atomic E-state index is 13.2. The van der Waals surface area contributed by atoms with Gasteiger partial charge < -0.3 is 0 Å². The first-order valence-electron chi connectivity index (χ1n) is 5.51. The third-order valence-corrected chi connectivity index (χ3v) is 2.50. The minimum absolute atomic E-state index is 0.120. The van der Waals surface area contributed by atoms with Crippen molar-refractivity contribution in [3.63, 3.8) is 0 Å². The van der Waals surface area contributed by atoms with Gasteiger partial charge in [0.05, 0.1) is 5.69 Å². The number of nitrogens with zero attached hydrogens (tertiary/aromatic N) is 3. The average Bonchev–Trinajstić information content (AvgIpc) is 2.76. The van der Waals surface area contributed by atoms with Crippen LogP contribution in [0.5, 0.6) is 0 Å². The number of carbonyl (C=O) groups excluding carboxylic acids is 1. The molecule has 0 spiro atoms. The zero-order chi connectivity index (χ0) is 13.1. The summed E-state index contributed by atoms with van der Waals surface area (Å²) in [6, 6.07) is 3.45. The van der Waals surface area contributed by atoms with Gasteiger partial charge in [0.2, 0.25) is 0 Å². The van der Waals surface area contributed by atoms with E-state index in [1.165, 1.54) is 10.7 Å². The number of aryl methyl sites for hydroxylation is 1. The van der Waals surface area contributed by atoms with Gasteiger partial charge >= 0.3 is 0 Å². The second kappa shape index (κ2) is 5.03. The summed E-state index contributed by atoms with van der Waals surface area (Å²) in [4.78, 5) is 10.9. The Bertz CT molecular complexity index is 581. The monoisotopic (exact) mass is 251 g/mol. The number of rotatable bonds is 4. The summed E-state index contributed by atoms with van der Waals surface area (Å²) >= 11 is 0. The molecule has 0 unspecified atom stereocenters. The third-order valence-electron chi connectivity index (χ3n) is 2.50. The second-order valence-corrected chi connectivity index (χ2v) is 3.79. The molecule has 0 saturated heterocycles. The van der Waals surface area contributed by atoms with Gasteiger partial charge in [-0.15, -0.1) is 5.10 Å². The van der Waals surface area contributed by atoms with E-state index in [0.29, 0.717) is 24.1 Å². The Morgan fingerprint density at radius 1 is 1.33 bits per heavy atom. The van der Waals surface area contributed by atoms with Crippen LogP contribution in [0, 0.1) is 11.6 Å². The molecule has 0 amide bonds. The predicted octanol–water partition coefficient (Wildman–Crippen LogP) is 2.45. The largest absolute Gasteiger partial charge is 0.296 e. The SMILES string of the molecule is CCCn1nnc(C=O)c1-c1ccc(F)c(F)c1. The lowest BCUT2D eigenvalue weighted by Gasteiger charge is -2.06. The Hall–Kier alpha value is -2.11. The average molecular weight is 251 g/mol. The molecule has 0 aliphatic rings. The zero-order valence-electron chi connectivity index (χ0n) is 9.73. The van der Waals surface area contributed by atoms with E-state index in [-0.39, 0.29) is 5.69 Å². The molecule has 0 radical (unpaired) electrons. The van der Waals surface area contributed by atoms with Crippen molar-refractivity contribution in [2.75, 3.05) is 0 Å². The third kappa shape index (κ3) is 2.13. The summed E-state index contributed by atoms with van der Waals surface area (Å²) < 4.78 is 27.6. The van der Waals surface area contributed by atoms with Crippen molar-refractivity contribution >= 4 is 6.29 Å². The van der Waals surface area contributed by atoms with Crippen LogP contribution in [0.4, 0.5) is 8.78 Å². The van der Waals surface area contributed by atoms with E-state index in [1.54, 1.807) is 0 Å². The van der Waals surface area contributed by atoms with E-state index in [2.05, 4.69) is 10.3 Å². The Labute approximate surface area is 102 Å². The van der Waals surface area contributed by atoms with Crippen molar-refractivity contribution in [2.45, 2.75) is 19.9 Å². The molecule has 0 aliphatic heterocycles. The minimum Gasteiger partial charge on any atom is -0.296 e. The van der Waals surface area contributed by atoms with Crippen molar-refractivity contribution in [1.82, 2.24) is 15.0 Å². The highest BCUT2D eigenvalue weighted by Crippen LogP contribution is 2.23. The number of aldehydes is 1. The van der Waals surface area contributed by atoms with Crippen LogP contribution in [0.3, 0.4) is 0 Å². The molecule has 2 rings (SSSR count). The summed E-state index contributed by atoms with van der Waals surface area (Å²) in [6.45, 7) is 2.49. The Morgan fingerprint density at radius 2 is 2.11 bits per heavy atom. The first-order valence-corrected chi connectivity index (χ1v) is 5.51. The minimum atomic E-state index is -0.964. The maximum absolute atomic E-state index is 13.2. The van der Waals surface area contributed by atoms with E-state index in [9.17, 15) is 13.6 Å². The lowest BCUT2D eigenvalue weighted by Crippen LogP contribution is -2.02. The number of carbonyl (C=O) groups is 1. The predicted molar refractivity (Wildman–Crippen MR) is 61.1 cm³/mol. The smallest absolute Gasteiger partial charge is 0.172 e. The standard InChI is InChI=1S/C12H11F2N3O/c1-2-5-17-12(11(7-18)15-16-17)8-3-4-9(13)10(14)6-8/h3-4,6-7H,2,5H2,1H3. The number of benzene rings is 1. The first-order chi connectivity index (χ1) is 8.67. The molecule has 0 aliphatic carbocycles. The van der Waals surface area contributed by atoms with Gasteiger partial charge in [-0.2, -0.15) is 0 Å². The van der Waals surface area contributed by atoms with Crippen molar-refractivity contribution in [1.29, 1.82) is 0 Å². The van der Waals surface area contributed by atoms with E-state index in [1.807, 2.05) is 6.92 Å². The molecule has 0 atom stereocenters. The zero-order valence-corrected chi connectivity index (χ0v) is 9.73. The van der Waals surface area contributed by atoms with E-state index in [0.717, 1.165) is 18.6 Å². The van der Waals surface area contributed by atoms with E-state index < -0.39 is 11.6 Å². The van der Waals surface area contributed by atoms with Crippen LogP contribution in [0.25, 0.3) is 11.3 Å². The lowest BCUT2D eigenvalue weighted by atomic mass is 10.1. The van der Waals surface area contributed by atoms with E-state index in [4.69, 9.17) is 0 Å². The maximum Gasteiger partial charge on any atom is 0.172 e. The second-order valence-electron chi connectivity index (χ2n) is 3.79. The molecule has 0 fully saturated rings. The molecule has 0 N–H and O–H groups in total. The summed E-state index contributed by atoms with van der Waals surface area (Å²) in [5.74, 6) is -1.89. The van der Waals surface area contributed by atoms with Crippen LogP contribution in [-0.2, 0) is 6.54 Å². The van der Waals surface area contributed by atoms with Gasteiger partial charge in [0.25, 0.3) is 0 Å². The molecule has 2 aromatic rings. The Morgan fingerprint density at radius 3 is 2.72 bits per heavy atom. The molecule has 6 heteroatoms. The van der Waals surface area contributed by atoms with Gasteiger partial charge in [-0.25, -0.2) is 13.5 Å². The van der Waals surface area contributed by atoms with Gasteiger partial charge in [-0.1, -0.05) is 12.1 Å². The van der Waals surface area contributed by atoms with Crippen molar-refractivity contribution < 1.29 is 13.6 Å². The fourth-order valence-electron chi connectivity index (χ4n) is 1.71. The van der Waals surface area contributed by atoms with Gasteiger partial charge in [-0.05, 0) is 24.6 Å². The molecule has 1 heterocycles. The van der Waals surface area contributed by atoms with E-state index >= 15 is 0 Å². The van der Waals surface area contributed by atoms with Crippen molar-refractivity contribution in [3.05, 3.63) is 35.5 Å². The van der Waals surface area contributed by atoms with Crippen LogP contribution in [0.2, 0.25) is 0 Å². The highest BCUT2D eigenvalue weighted by molar-refractivity contribution is 5.83. The summed E-state index contributed by atoms with van der Waals surface area (Å²) in [7, 11) is 0. The van der Waals surface area contributed by atoms with Crippen LogP contribution in [0.1, 0.15) is 23.8 Å². The summed E-state index contributed by atoms with van der Waals surface area (Å²) in [5.41, 5.74) is 0.912. The van der Waals surface area contributed by atoms with Gasteiger partial charge in [0.1, 0.15) is 0 Å². The fourth-order valence-corrected chi connectivity index (χ4v) is 1.71. The molecular formula is C12H11F2N3O. The van der Waals surface area contributed by atoms with Crippen molar-refractivity contribution in [3.8, 4) is 11.3 Å². The van der Waals surface area contributed by atoms with Crippen molar-refractivity contribution in [2.24, 2.45) is 0 Å². The Kier molecular flexibility index (Phi) is 3.45. The Balaban J connectivity index is 2.56. The first kappa shape index (κ1) is 12.3. The van der Waals surface area contributed by atoms with Gasteiger partial charge in [0.15, 0.2) is 23.6 Å². The molecule has 4 nitrogen and oxygen atoms in total. The topological polar surface area (TPSA) is 47.8 Å². The number of hydrogen-bond acceptors (Lipinski definition) is 3. The lowest BCUT2D eigenvalue weighted by molar-refractivity contribution is 0.111. The van der Waals surface area contributed by atoms with Crippen LogP contribution in [0.15, 0.2) is 18.2 Å². The quantitative estimate of drug-likeness (QED) is 0.784. The fraction of sp³-hybridized carbons (Fsp3) is 0.250. The van der Waals surface area contributed by atoms with Crippen LogP contribution < -0.4 is 0 Å². The summed E-state index contributed by atoms with van der Waals surface area (Å²) in [5, 5.41) is 7.53. The number of halogens is 2. The summed E-state index contributed by atoms with van der Waals surface area (Å²) in [6.07, 6.45) is 1.34. The molecular weight excluding hydrogens is 240 g/mol. The highest BCUT2D eigenvalue weighted by atomic mass is 19.2. The molecule has 1 aromatic heterocycles. The molecule has 1 aromatic carbocycles.